The molecule has 0 heterocycles. The van der Waals surface area contributed by atoms with E-state index in [4.69, 9.17) is 42.8 Å². The van der Waals surface area contributed by atoms with E-state index in [0.717, 1.165) is 6.41 Å². The molecule has 7 N–H and O–H groups in total. The van der Waals surface area contributed by atoms with Gasteiger partial charge in [-0.1, -0.05) is 0 Å². The predicted octanol–water partition coefficient (Wildman–Crippen LogP) is -7.71. The molecule has 0 radical (unpaired) electrons. The zero-order valence-electron chi connectivity index (χ0n) is 23.7. The van der Waals surface area contributed by atoms with Gasteiger partial charge in [0.15, 0.2) is 0 Å². The summed E-state index contributed by atoms with van der Waals surface area (Å²) in [6.45, 7) is 1.57. The van der Waals surface area contributed by atoms with E-state index in [-0.39, 0.29) is 109 Å². The van der Waals surface area contributed by atoms with Crippen molar-refractivity contribution in [1.82, 2.24) is 9.80 Å². The summed E-state index contributed by atoms with van der Waals surface area (Å²) < 4.78 is 22.6. The molecule has 0 aliphatic carbocycles. The number of nitrogens with one attached hydrogen (secondary N) is 2. The van der Waals surface area contributed by atoms with E-state index in [9.17, 15) is 23.8 Å². The summed E-state index contributed by atoms with van der Waals surface area (Å²) in [6.07, 6.45) is -0.304. The van der Waals surface area contributed by atoms with Gasteiger partial charge in [-0.25, -0.2) is 9.28 Å². The van der Waals surface area contributed by atoms with E-state index in [1.165, 1.54) is 6.92 Å². The molecular weight excluding hydrogens is 592 g/mol. The van der Waals surface area contributed by atoms with Crippen molar-refractivity contribution in [3.8, 4) is 0 Å². The molecule has 0 saturated carbocycles. The summed E-state index contributed by atoms with van der Waals surface area (Å²) in [7, 11) is -11.2. The maximum absolute atomic E-state index is 12.3. The molecule has 19 heteroatoms. The number of aliphatic hydroxyl groups is 1. The van der Waals surface area contributed by atoms with Crippen LogP contribution in [0.2, 0.25) is 0 Å². The molecular formula is C17H31Cl2N3Na3O9P2+. The Morgan fingerprint density at radius 3 is 1.86 bits per heavy atom. The summed E-state index contributed by atoms with van der Waals surface area (Å²) in [6, 6.07) is 5.78. The monoisotopic (exact) mass is 622 g/mol. The molecule has 0 spiro atoms. The number of carbonyl (C=O) groups is 2. The predicted molar refractivity (Wildman–Crippen MR) is 129 cm³/mol. The van der Waals surface area contributed by atoms with Crippen LogP contribution in [0.25, 0.3) is 0 Å². The Labute approximate surface area is 290 Å². The number of anilines is 1. The van der Waals surface area contributed by atoms with Gasteiger partial charge in [0.25, 0.3) is 5.08 Å². The van der Waals surface area contributed by atoms with Crippen molar-refractivity contribution in [2.45, 2.75) is 24.5 Å². The molecule has 36 heavy (non-hydrogen) atoms. The SMILES string of the molecule is C[C@H](Nc1ccc([N+](C=O)(CCCl)CCCl)cc1)C(=O)NCCC(O)(P(=O)(O)O)P(=O)(O)O.[H-].[H-].[H-].[Na+].[Na+].[Na+]. The molecule has 1 aromatic rings. The van der Waals surface area contributed by atoms with Crippen LogP contribution in [0.3, 0.4) is 0 Å². The number of rotatable bonds is 14. The average molecular weight is 623 g/mol. The van der Waals surface area contributed by atoms with Crippen LogP contribution < -0.4 is 104 Å². The van der Waals surface area contributed by atoms with E-state index in [0.29, 0.717) is 24.5 Å². The van der Waals surface area contributed by atoms with Gasteiger partial charge < -0.3 is 39.6 Å². The van der Waals surface area contributed by atoms with Crippen molar-refractivity contribution in [2.24, 2.45) is 0 Å². The summed E-state index contributed by atoms with van der Waals surface area (Å²) >= 11 is 11.7. The Kier molecular flexibility index (Phi) is 21.7. The van der Waals surface area contributed by atoms with Crippen molar-refractivity contribution in [1.29, 1.82) is 0 Å². The number of quaternary nitrogens is 1. The second-order valence-electron chi connectivity index (χ2n) is 7.28. The van der Waals surface area contributed by atoms with Crippen molar-refractivity contribution in [3.63, 3.8) is 0 Å². The third kappa shape index (κ3) is 11.4. The standard InChI is InChI=1S/C17H27Cl2N3O9P2.3Na.3H/c1-13(16(24)20-9-6-17(25,32(26,27)28)33(29,30)31)21-14-2-4-15(5-3-14)22(12-23,10-7-18)11-8-19;;;;;;/h2-5,12-13,21,25H,6-11H2,1H3,(H4-,20,24,26,27,28,29,30,31);;;;;;/q;3*+1;3*-1/p+1/t13-;;;;;;/m0....../s1. The molecule has 2 amide bonds. The zero-order chi connectivity index (χ0) is 25.5. The van der Waals surface area contributed by atoms with Gasteiger partial charge in [0.2, 0.25) is 5.91 Å². The topological polar surface area (TPSA) is 193 Å². The first-order valence-corrected chi connectivity index (χ1v) is 13.9. The summed E-state index contributed by atoms with van der Waals surface area (Å²) in [5, 5.41) is 11.4. The summed E-state index contributed by atoms with van der Waals surface area (Å²) in [5.41, 5.74) is 1.17. The van der Waals surface area contributed by atoms with Gasteiger partial charge in [0.05, 0.1) is 11.8 Å². The van der Waals surface area contributed by atoms with E-state index in [1.807, 2.05) is 0 Å². The van der Waals surface area contributed by atoms with Gasteiger partial charge in [-0.3, -0.25) is 13.9 Å². The number of amides is 2. The third-order valence-corrected chi connectivity index (χ3v) is 9.23. The average Bonchev–Trinajstić information content (AvgIpc) is 2.72. The first-order valence-electron chi connectivity index (χ1n) is 9.61. The maximum Gasteiger partial charge on any atom is 1.00 e. The molecule has 0 aliphatic rings. The van der Waals surface area contributed by atoms with Crippen LogP contribution in [0.5, 0.6) is 0 Å². The van der Waals surface area contributed by atoms with Crippen LogP contribution in [0.15, 0.2) is 24.3 Å². The van der Waals surface area contributed by atoms with Crippen LogP contribution in [-0.2, 0) is 18.7 Å². The van der Waals surface area contributed by atoms with Crippen LogP contribution in [0.4, 0.5) is 11.4 Å². The van der Waals surface area contributed by atoms with Crippen molar-refractivity contribution >= 4 is 62.1 Å². The molecule has 12 nitrogen and oxygen atoms in total. The van der Waals surface area contributed by atoms with Crippen molar-refractivity contribution in [2.75, 3.05) is 36.7 Å². The Morgan fingerprint density at radius 1 is 1.06 bits per heavy atom. The second kappa shape index (κ2) is 18.4. The number of nitrogens with zero attached hydrogens (tertiary/aromatic N) is 1. The van der Waals surface area contributed by atoms with Crippen LogP contribution in [-0.4, -0.2) is 79.5 Å². The zero-order valence-corrected chi connectivity index (χ0v) is 30.0. The first-order chi connectivity index (χ1) is 15.2. The fourth-order valence-corrected chi connectivity index (χ4v) is 5.74. The quantitative estimate of drug-likeness (QED) is 0.0344. The van der Waals surface area contributed by atoms with Gasteiger partial charge in [-0.15, -0.1) is 23.2 Å². The minimum Gasteiger partial charge on any atom is -1.00 e. The molecule has 1 atom stereocenters. The van der Waals surface area contributed by atoms with E-state index in [1.54, 1.807) is 24.3 Å². The molecule has 194 valence electrons. The Morgan fingerprint density at radius 2 is 1.50 bits per heavy atom. The van der Waals surface area contributed by atoms with Crippen LogP contribution >= 0.6 is 38.4 Å². The largest absolute Gasteiger partial charge is 1.00 e. The molecule has 0 aromatic heterocycles. The molecule has 1 aromatic carbocycles. The van der Waals surface area contributed by atoms with Gasteiger partial charge in [-0.05, 0) is 19.1 Å². The molecule has 0 bridgehead atoms. The Hall–Kier alpha value is 1.96. The summed E-state index contributed by atoms with van der Waals surface area (Å²) in [5.74, 6) is -0.169. The smallest absolute Gasteiger partial charge is 1.00 e. The van der Waals surface area contributed by atoms with Gasteiger partial charge in [-0.2, -0.15) is 0 Å². The minimum atomic E-state index is -5.60. The molecule has 0 unspecified atom stereocenters. The van der Waals surface area contributed by atoms with Gasteiger partial charge in [0, 0.05) is 30.8 Å². The molecule has 0 fully saturated rings. The number of hydrogen-bond donors (Lipinski definition) is 7. The number of hydrogen-bond acceptors (Lipinski definition) is 6. The number of halogens is 2. The number of carbonyl (C=O) groups excluding carboxylic acids is 2. The van der Waals surface area contributed by atoms with E-state index >= 15 is 0 Å². The second-order valence-corrected chi connectivity index (χ2v) is 12.0. The van der Waals surface area contributed by atoms with Crippen LogP contribution in [0.1, 0.15) is 17.6 Å². The fourth-order valence-electron chi connectivity index (χ4n) is 2.98. The van der Waals surface area contributed by atoms with Crippen LogP contribution in [0, 0.1) is 0 Å². The van der Waals surface area contributed by atoms with Crippen molar-refractivity contribution < 1.29 is 136 Å². The van der Waals surface area contributed by atoms with E-state index in [2.05, 4.69) is 10.6 Å². The number of benzene rings is 1. The van der Waals surface area contributed by atoms with E-state index < -0.39 is 45.2 Å². The van der Waals surface area contributed by atoms with Gasteiger partial charge in [0.1, 0.15) is 24.8 Å². The summed E-state index contributed by atoms with van der Waals surface area (Å²) in [4.78, 5) is 60.4. The fraction of sp³-hybridized carbons (Fsp3) is 0.529. The maximum atomic E-state index is 12.3. The molecule has 1 rings (SSSR count). The third-order valence-electron chi connectivity index (χ3n) is 5.02. The number of alkyl halides is 2. The first kappa shape index (κ1) is 42.4. The normalized spacial score (nSPS) is 12.8. The van der Waals surface area contributed by atoms with Crippen molar-refractivity contribution in [3.05, 3.63) is 24.3 Å². The van der Waals surface area contributed by atoms with Gasteiger partial charge >= 0.3 is 110 Å². The Bertz CT molecular complexity index is 910. The Balaban J connectivity index is -0.000000454. The molecule has 0 aliphatic heterocycles. The molecule has 0 saturated heterocycles. The minimum absolute atomic E-state index is 0.